The van der Waals surface area contributed by atoms with Gasteiger partial charge in [-0.15, -0.1) is 0 Å². The van der Waals surface area contributed by atoms with Crippen molar-refractivity contribution in [1.82, 2.24) is 5.32 Å². The summed E-state index contributed by atoms with van der Waals surface area (Å²) in [4.78, 5) is 24.5. The Labute approximate surface area is 159 Å². The molecule has 0 saturated carbocycles. The number of halogens is 1. The molecule has 1 heterocycles. The minimum atomic E-state index is -0.577. The summed E-state index contributed by atoms with van der Waals surface area (Å²) in [5, 5.41) is 4.97. The van der Waals surface area contributed by atoms with Crippen LogP contribution in [0.15, 0.2) is 65.1 Å². The van der Waals surface area contributed by atoms with Gasteiger partial charge in [-0.2, -0.15) is 0 Å². The maximum Gasteiger partial charge on any atom is 0.328 e. The SMILES string of the molecule is O=C(NC1CCOC1=O)c1ccc(Br)cc1-c1cccc2ccccc12. The minimum absolute atomic E-state index is 0.274. The maximum atomic E-state index is 12.9. The van der Waals surface area contributed by atoms with E-state index in [2.05, 4.69) is 21.2 Å². The maximum absolute atomic E-state index is 12.9. The fourth-order valence-corrected chi connectivity index (χ4v) is 3.62. The van der Waals surface area contributed by atoms with Crippen molar-refractivity contribution >= 4 is 38.6 Å². The second-order valence-electron chi connectivity index (χ2n) is 6.20. The smallest absolute Gasteiger partial charge is 0.328 e. The van der Waals surface area contributed by atoms with E-state index in [4.69, 9.17) is 4.74 Å². The molecule has 1 N–H and O–H groups in total. The summed E-state index contributed by atoms with van der Waals surface area (Å²) in [5.41, 5.74) is 2.33. The monoisotopic (exact) mass is 409 g/mol. The Morgan fingerprint density at radius 2 is 1.85 bits per heavy atom. The molecule has 0 spiro atoms. The van der Waals surface area contributed by atoms with Gasteiger partial charge in [-0.1, -0.05) is 58.4 Å². The number of nitrogens with one attached hydrogen (secondary N) is 1. The van der Waals surface area contributed by atoms with Crippen molar-refractivity contribution in [1.29, 1.82) is 0 Å². The quantitative estimate of drug-likeness (QED) is 0.655. The number of hydrogen-bond donors (Lipinski definition) is 1. The average molecular weight is 410 g/mol. The Morgan fingerprint density at radius 1 is 1.04 bits per heavy atom. The van der Waals surface area contributed by atoms with Gasteiger partial charge in [-0.25, -0.2) is 4.79 Å². The van der Waals surface area contributed by atoms with Crippen LogP contribution in [0.3, 0.4) is 0 Å². The molecule has 0 bridgehead atoms. The molecule has 26 heavy (non-hydrogen) atoms. The van der Waals surface area contributed by atoms with Crippen molar-refractivity contribution in [3.63, 3.8) is 0 Å². The van der Waals surface area contributed by atoms with Crippen molar-refractivity contribution in [3.8, 4) is 11.1 Å². The number of esters is 1. The lowest BCUT2D eigenvalue weighted by atomic mass is 9.94. The summed E-state index contributed by atoms with van der Waals surface area (Å²) in [6.07, 6.45) is 0.505. The van der Waals surface area contributed by atoms with Crippen LogP contribution in [0.25, 0.3) is 21.9 Å². The Bertz CT molecular complexity index is 1010. The largest absolute Gasteiger partial charge is 0.464 e. The number of hydrogen-bond acceptors (Lipinski definition) is 3. The van der Waals surface area contributed by atoms with Gasteiger partial charge >= 0.3 is 5.97 Å². The molecular weight excluding hydrogens is 394 g/mol. The lowest BCUT2D eigenvalue weighted by Gasteiger charge is -2.14. The first-order chi connectivity index (χ1) is 12.6. The van der Waals surface area contributed by atoms with Gasteiger partial charge in [0.25, 0.3) is 5.91 Å². The minimum Gasteiger partial charge on any atom is -0.464 e. The third-order valence-corrected chi connectivity index (χ3v) is 5.04. The molecule has 0 aromatic heterocycles. The molecule has 3 aromatic rings. The summed E-state index contributed by atoms with van der Waals surface area (Å²) in [7, 11) is 0. The van der Waals surface area contributed by atoms with Crippen molar-refractivity contribution in [2.45, 2.75) is 12.5 Å². The first-order valence-electron chi connectivity index (χ1n) is 8.39. The number of amides is 1. The van der Waals surface area contributed by atoms with Crippen LogP contribution >= 0.6 is 15.9 Å². The van der Waals surface area contributed by atoms with Crippen molar-refractivity contribution in [2.24, 2.45) is 0 Å². The van der Waals surface area contributed by atoms with Gasteiger partial charge in [0.2, 0.25) is 0 Å². The van der Waals surface area contributed by atoms with E-state index >= 15 is 0 Å². The molecule has 0 aliphatic carbocycles. The molecule has 3 aromatic carbocycles. The molecule has 1 atom stereocenters. The van der Waals surface area contributed by atoms with Crippen LogP contribution in [0.5, 0.6) is 0 Å². The van der Waals surface area contributed by atoms with Crippen LogP contribution in [0, 0.1) is 0 Å². The van der Waals surface area contributed by atoms with E-state index in [1.165, 1.54) is 0 Å². The Hall–Kier alpha value is -2.66. The molecule has 1 unspecified atom stereocenters. The van der Waals surface area contributed by atoms with Gasteiger partial charge < -0.3 is 10.1 Å². The van der Waals surface area contributed by atoms with Crippen molar-refractivity contribution in [2.75, 3.05) is 6.61 Å². The number of rotatable bonds is 3. The summed E-state index contributed by atoms with van der Waals surface area (Å²) >= 11 is 3.50. The molecule has 1 amide bonds. The van der Waals surface area contributed by atoms with Crippen LogP contribution in [0.2, 0.25) is 0 Å². The summed E-state index contributed by atoms with van der Waals surface area (Å²) < 4.78 is 5.82. The lowest BCUT2D eigenvalue weighted by Crippen LogP contribution is -2.38. The van der Waals surface area contributed by atoms with Crippen LogP contribution in [0.1, 0.15) is 16.8 Å². The third-order valence-electron chi connectivity index (χ3n) is 4.55. The average Bonchev–Trinajstić information content (AvgIpc) is 3.05. The standard InChI is InChI=1S/C21H16BrNO3/c22-14-8-9-17(20(24)23-19-10-11-26-21(19)25)18(12-14)16-7-3-5-13-4-1-2-6-15(13)16/h1-9,12,19H,10-11H2,(H,23,24). The third kappa shape index (κ3) is 3.10. The molecule has 0 radical (unpaired) electrons. The van der Waals surface area contributed by atoms with Gasteiger partial charge in [-0.05, 0) is 40.1 Å². The van der Waals surface area contributed by atoms with Crippen LogP contribution in [-0.2, 0) is 9.53 Å². The highest BCUT2D eigenvalue weighted by molar-refractivity contribution is 9.10. The fourth-order valence-electron chi connectivity index (χ4n) is 3.26. The molecule has 4 nitrogen and oxygen atoms in total. The Morgan fingerprint density at radius 3 is 2.65 bits per heavy atom. The number of benzene rings is 3. The highest BCUT2D eigenvalue weighted by atomic mass is 79.9. The first kappa shape index (κ1) is 16.8. The normalized spacial score (nSPS) is 16.5. The Kier molecular flexibility index (Phi) is 4.47. The summed E-state index contributed by atoms with van der Waals surface area (Å²) in [5.74, 6) is -0.647. The lowest BCUT2D eigenvalue weighted by molar-refractivity contribution is -0.139. The highest BCUT2D eigenvalue weighted by Gasteiger charge is 2.29. The number of carbonyl (C=O) groups is 2. The molecule has 130 valence electrons. The fraction of sp³-hybridized carbons (Fsp3) is 0.143. The second kappa shape index (κ2) is 6.92. The molecule has 4 rings (SSSR count). The summed E-state index contributed by atoms with van der Waals surface area (Å²) in [6, 6.07) is 19.1. The zero-order valence-corrected chi connectivity index (χ0v) is 15.5. The topological polar surface area (TPSA) is 55.4 Å². The van der Waals surface area contributed by atoms with E-state index in [-0.39, 0.29) is 11.9 Å². The van der Waals surface area contributed by atoms with Gasteiger partial charge in [0.15, 0.2) is 0 Å². The molecule has 1 fully saturated rings. The van der Waals surface area contributed by atoms with Crippen LogP contribution < -0.4 is 5.32 Å². The Balaban J connectivity index is 1.80. The molecule has 1 saturated heterocycles. The van der Waals surface area contributed by atoms with Crippen molar-refractivity contribution in [3.05, 3.63) is 70.7 Å². The van der Waals surface area contributed by atoms with Gasteiger partial charge in [-0.3, -0.25) is 4.79 Å². The molecule has 5 heteroatoms. The zero-order valence-electron chi connectivity index (χ0n) is 13.9. The first-order valence-corrected chi connectivity index (χ1v) is 9.18. The van der Waals surface area contributed by atoms with E-state index < -0.39 is 6.04 Å². The van der Waals surface area contributed by atoms with Crippen molar-refractivity contribution < 1.29 is 14.3 Å². The van der Waals surface area contributed by atoms with Gasteiger partial charge in [0, 0.05) is 16.5 Å². The molecule has 1 aliphatic rings. The van der Waals surface area contributed by atoms with E-state index in [0.29, 0.717) is 18.6 Å². The zero-order chi connectivity index (χ0) is 18.1. The van der Waals surface area contributed by atoms with E-state index in [1.54, 1.807) is 6.07 Å². The van der Waals surface area contributed by atoms with Crippen LogP contribution in [-0.4, -0.2) is 24.5 Å². The van der Waals surface area contributed by atoms with Gasteiger partial charge in [0.05, 0.1) is 6.61 Å². The van der Waals surface area contributed by atoms with Gasteiger partial charge in [0.1, 0.15) is 6.04 Å². The second-order valence-corrected chi connectivity index (χ2v) is 7.11. The highest BCUT2D eigenvalue weighted by Crippen LogP contribution is 2.33. The number of fused-ring (bicyclic) bond motifs is 1. The number of carbonyl (C=O) groups excluding carboxylic acids is 2. The number of ether oxygens (including phenoxy) is 1. The van der Waals surface area contributed by atoms with E-state index in [9.17, 15) is 9.59 Å². The number of cyclic esters (lactones) is 1. The van der Waals surface area contributed by atoms with Crippen LogP contribution in [0.4, 0.5) is 0 Å². The predicted molar refractivity (Wildman–Crippen MR) is 104 cm³/mol. The summed E-state index contributed by atoms with van der Waals surface area (Å²) in [6.45, 7) is 0.348. The van der Waals surface area contributed by atoms with E-state index in [0.717, 1.165) is 26.4 Å². The predicted octanol–water partition coefficient (Wildman–Crippen LogP) is 4.31. The molecule has 1 aliphatic heterocycles. The molecular formula is C21H16BrNO3. The van der Waals surface area contributed by atoms with E-state index in [1.807, 2.05) is 54.6 Å².